The van der Waals surface area contributed by atoms with Gasteiger partial charge in [-0.05, 0) is 111 Å². The van der Waals surface area contributed by atoms with Gasteiger partial charge in [0.15, 0.2) is 0 Å². The van der Waals surface area contributed by atoms with Crippen LogP contribution in [0.3, 0.4) is 0 Å². The molecule has 1 spiro atoms. The predicted octanol–water partition coefficient (Wildman–Crippen LogP) is 7.18. The van der Waals surface area contributed by atoms with Crippen molar-refractivity contribution in [2.45, 2.75) is 75.7 Å². The number of ether oxygens (including phenoxy) is 2. The fraction of sp³-hybridized carbons (Fsp3) is 0.568. The van der Waals surface area contributed by atoms with Gasteiger partial charge in [-0.15, -0.1) is 0 Å². The lowest BCUT2D eigenvalue weighted by molar-refractivity contribution is -0.122. The number of allylic oxidation sites excluding steroid dienone is 1. The van der Waals surface area contributed by atoms with Gasteiger partial charge in [0.2, 0.25) is 0 Å². The molecule has 5 aliphatic rings. The summed E-state index contributed by atoms with van der Waals surface area (Å²) < 4.78 is 31.2. The molecule has 2 fully saturated rings. The Labute approximate surface area is 278 Å². The van der Waals surface area contributed by atoms with E-state index in [4.69, 9.17) is 21.1 Å². The highest BCUT2D eigenvalue weighted by atomic mass is 35.5. The lowest BCUT2D eigenvalue weighted by Gasteiger charge is -2.46. The monoisotopic (exact) mass is 664 g/mol. The molecule has 3 aliphatic carbocycles. The summed E-state index contributed by atoms with van der Waals surface area (Å²) in [6, 6.07) is 11.8. The first-order valence-corrected chi connectivity index (χ1v) is 19.3. The van der Waals surface area contributed by atoms with E-state index in [1.165, 1.54) is 11.1 Å². The number of Topliss-reactive ketones (excluding diaryl/α,β-unsaturated/α-hetero) is 1. The van der Waals surface area contributed by atoms with Gasteiger partial charge in [0.25, 0.3) is 5.91 Å². The van der Waals surface area contributed by atoms with Gasteiger partial charge in [-0.2, -0.15) is 4.36 Å². The maximum Gasteiger partial charge on any atom is 0.285 e. The van der Waals surface area contributed by atoms with Crippen LogP contribution in [-0.2, 0) is 31.1 Å². The molecule has 2 aliphatic heterocycles. The zero-order valence-electron chi connectivity index (χ0n) is 26.8. The Morgan fingerprint density at radius 2 is 2.00 bits per heavy atom. The van der Waals surface area contributed by atoms with Crippen molar-refractivity contribution in [2.24, 2.45) is 22.1 Å². The summed E-state index contributed by atoms with van der Waals surface area (Å²) in [6.07, 6.45) is 13.5. The fourth-order valence-electron chi connectivity index (χ4n) is 8.26. The summed E-state index contributed by atoms with van der Waals surface area (Å²) in [5.41, 5.74) is 3.62. The summed E-state index contributed by atoms with van der Waals surface area (Å²) in [6.45, 7) is 2.12. The molecule has 2 aromatic rings. The third-order valence-corrected chi connectivity index (χ3v) is 13.6. The van der Waals surface area contributed by atoms with Crippen LogP contribution < -0.4 is 9.64 Å². The first-order valence-electron chi connectivity index (χ1n) is 17.1. The van der Waals surface area contributed by atoms with Crippen molar-refractivity contribution in [3.8, 4) is 5.75 Å². The van der Waals surface area contributed by atoms with Crippen molar-refractivity contribution in [3.05, 3.63) is 70.3 Å². The van der Waals surface area contributed by atoms with Crippen molar-refractivity contribution < 1.29 is 23.3 Å². The Kier molecular flexibility index (Phi) is 9.07. The van der Waals surface area contributed by atoms with Crippen LogP contribution in [0.4, 0.5) is 5.69 Å². The smallest absolute Gasteiger partial charge is 0.285 e. The number of amides is 1. The number of benzene rings is 2. The lowest BCUT2D eigenvalue weighted by atomic mass is 9.68. The largest absolute Gasteiger partial charge is 0.490 e. The molecule has 5 atom stereocenters. The van der Waals surface area contributed by atoms with Crippen LogP contribution in [0, 0.1) is 17.8 Å². The Morgan fingerprint density at radius 1 is 1.13 bits per heavy atom. The maximum atomic E-state index is 14.2. The van der Waals surface area contributed by atoms with Crippen molar-refractivity contribution >= 4 is 38.7 Å². The van der Waals surface area contributed by atoms with E-state index in [1.807, 2.05) is 18.2 Å². The fourth-order valence-corrected chi connectivity index (χ4v) is 10.5. The van der Waals surface area contributed by atoms with E-state index >= 15 is 0 Å². The summed E-state index contributed by atoms with van der Waals surface area (Å²) in [5.74, 6) is 1.05. The van der Waals surface area contributed by atoms with Crippen molar-refractivity contribution in [1.29, 1.82) is 0 Å². The zero-order valence-corrected chi connectivity index (χ0v) is 28.3. The van der Waals surface area contributed by atoms with Gasteiger partial charge < -0.3 is 14.4 Å². The van der Waals surface area contributed by atoms with E-state index in [2.05, 4.69) is 33.5 Å². The Hall–Kier alpha value is -2.68. The van der Waals surface area contributed by atoms with Crippen LogP contribution in [0.5, 0.6) is 5.75 Å². The van der Waals surface area contributed by atoms with Gasteiger partial charge in [-0.1, -0.05) is 36.2 Å². The van der Waals surface area contributed by atoms with Crippen LogP contribution in [-0.4, -0.2) is 60.3 Å². The predicted molar refractivity (Wildman–Crippen MR) is 183 cm³/mol. The second kappa shape index (κ2) is 13.1. The van der Waals surface area contributed by atoms with Crippen LogP contribution in [0.15, 0.2) is 52.9 Å². The number of rotatable bonds is 4. The molecular formula is C37H45ClN2O5S. The molecule has 246 valence electrons. The number of hydrogen-bond acceptors (Lipinski definition) is 6. The van der Waals surface area contributed by atoms with Gasteiger partial charge in [0, 0.05) is 47.9 Å². The quantitative estimate of drug-likeness (QED) is 0.322. The number of nitrogens with zero attached hydrogens (tertiary/aromatic N) is 2. The Bertz CT molecular complexity index is 1660. The Balaban J connectivity index is 1.29. The number of carbonyl (C=O) groups excluding carboxylic acids is 2. The van der Waals surface area contributed by atoms with Gasteiger partial charge in [0.05, 0.1) is 33.9 Å². The number of ketones is 1. The van der Waals surface area contributed by atoms with Gasteiger partial charge in [0.1, 0.15) is 11.5 Å². The summed E-state index contributed by atoms with van der Waals surface area (Å²) >= 11 is 6.44. The maximum absolute atomic E-state index is 14.2. The molecule has 1 amide bonds. The van der Waals surface area contributed by atoms with E-state index in [0.717, 1.165) is 80.9 Å². The molecule has 2 heterocycles. The van der Waals surface area contributed by atoms with E-state index in [0.29, 0.717) is 36.8 Å². The molecule has 0 unspecified atom stereocenters. The lowest BCUT2D eigenvalue weighted by Crippen LogP contribution is -2.49. The molecule has 7 nitrogen and oxygen atoms in total. The number of aryl methyl sites for hydroxylation is 1. The normalized spacial score (nSPS) is 32.1. The average molecular weight is 665 g/mol. The van der Waals surface area contributed by atoms with E-state index in [-0.39, 0.29) is 34.7 Å². The molecule has 0 saturated heterocycles. The van der Waals surface area contributed by atoms with Gasteiger partial charge in [-0.3, -0.25) is 9.59 Å². The summed E-state index contributed by atoms with van der Waals surface area (Å²) in [5, 5.41) is 0.757. The molecule has 46 heavy (non-hydrogen) atoms. The molecule has 9 heteroatoms. The highest BCUT2D eigenvalue weighted by molar-refractivity contribution is 7.94. The molecule has 0 radical (unpaired) electrons. The minimum atomic E-state index is -3.06. The van der Waals surface area contributed by atoms with Crippen molar-refractivity contribution in [3.63, 3.8) is 0 Å². The molecular weight excluding hydrogens is 620 g/mol. The van der Waals surface area contributed by atoms with Crippen LogP contribution in [0.1, 0.15) is 79.3 Å². The number of methoxy groups -OCH3 is 1. The average Bonchev–Trinajstić information content (AvgIpc) is 3.13. The third kappa shape index (κ3) is 6.29. The van der Waals surface area contributed by atoms with Crippen molar-refractivity contribution in [1.82, 2.24) is 0 Å². The molecule has 2 aromatic carbocycles. The molecule has 7 rings (SSSR count). The second-order valence-electron chi connectivity index (χ2n) is 14.2. The van der Waals surface area contributed by atoms with Gasteiger partial charge in [-0.25, -0.2) is 4.21 Å². The van der Waals surface area contributed by atoms with Gasteiger partial charge >= 0.3 is 0 Å². The van der Waals surface area contributed by atoms with Crippen molar-refractivity contribution in [2.75, 3.05) is 43.2 Å². The third-order valence-electron chi connectivity index (χ3n) is 11.2. The van der Waals surface area contributed by atoms with E-state index in [9.17, 15) is 13.8 Å². The highest BCUT2D eigenvalue weighted by Crippen LogP contribution is 2.47. The number of anilines is 1. The van der Waals surface area contributed by atoms with Crippen LogP contribution in [0.2, 0.25) is 5.02 Å². The number of fused-ring (bicyclic) bond motifs is 4. The first-order chi connectivity index (χ1) is 22.3. The summed E-state index contributed by atoms with van der Waals surface area (Å²) in [4.78, 5) is 29.2. The minimum Gasteiger partial charge on any atom is -0.490 e. The number of carbonyl (C=O) groups is 2. The van der Waals surface area contributed by atoms with Crippen LogP contribution >= 0.6 is 11.6 Å². The van der Waals surface area contributed by atoms with E-state index in [1.54, 1.807) is 13.2 Å². The Morgan fingerprint density at radius 3 is 2.76 bits per heavy atom. The number of hydrogen-bond donors (Lipinski definition) is 0. The van der Waals surface area contributed by atoms with Crippen LogP contribution in [0.25, 0.3) is 0 Å². The molecule has 2 saturated carbocycles. The second-order valence-corrected chi connectivity index (χ2v) is 17.0. The van der Waals surface area contributed by atoms with E-state index < -0.39 is 15.6 Å². The topological polar surface area (TPSA) is 85.3 Å². The zero-order chi connectivity index (χ0) is 31.9. The highest BCUT2D eigenvalue weighted by Gasteiger charge is 2.44. The summed E-state index contributed by atoms with van der Waals surface area (Å²) in [7, 11) is -1.27. The molecule has 0 aromatic heterocycles. The minimum absolute atomic E-state index is 0.00279. The number of halogens is 1. The molecule has 2 bridgehead atoms. The SMILES string of the molecule is CO[C@H]1/C=C/CCC[S@@](=O)(CC(=O)C2CCC2)=NC(=O)c2ccc3c(c2)N(C[C@@H]2CC[C@H]21)C[C@@]1(CCCc2cc(Cl)ccc21)CO3. The first kappa shape index (κ1) is 31.9. The standard InChI is InChI=1S/C37H45ClN2O5S/c1-44-34-10-3-2-4-18-46(43,22-33(41)25-7-5-8-25)39-36(42)27-12-16-35-32(20-27)40(21-28-11-14-30(28)34)23-37(24-45-35)17-6-9-26-19-29(38)13-15-31(26)37/h3,10,12-13,15-16,19-20,25,28,30,34H,2,4-9,11,14,17-18,21-24H2,1H3/b10-3+/t28-,30+,34-,37-,46+/m0/s1. The molecule has 0 N–H and O–H groups in total.